The van der Waals surface area contributed by atoms with Crippen molar-refractivity contribution in [2.75, 3.05) is 12.4 Å². The van der Waals surface area contributed by atoms with Gasteiger partial charge in [-0.1, -0.05) is 43.1 Å². The van der Waals surface area contributed by atoms with Crippen molar-refractivity contribution < 1.29 is 9.53 Å². The molecule has 0 radical (unpaired) electrons. The van der Waals surface area contributed by atoms with E-state index in [1.807, 2.05) is 25.1 Å². The summed E-state index contributed by atoms with van der Waals surface area (Å²) in [7, 11) is 1.76. The molecule has 1 aliphatic heterocycles. The quantitative estimate of drug-likeness (QED) is 0.508. The van der Waals surface area contributed by atoms with Crippen molar-refractivity contribution in [3.05, 3.63) is 57.3 Å². The zero-order valence-corrected chi connectivity index (χ0v) is 22.0. The number of pyridine rings is 1. The number of carbonyl (C=O) groups excluding carboxylic acids is 1. The first-order chi connectivity index (χ1) is 16.6. The summed E-state index contributed by atoms with van der Waals surface area (Å²) in [6.07, 6.45) is 6.06. The van der Waals surface area contributed by atoms with Gasteiger partial charge >= 0.3 is 0 Å². The summed E-state index contributed by atoms with van der Waals surface area (Å²) in [6, 6.07) is 7.35. The molecule has 4 rings (SSSR count). The lowest BCUT2D eigenvalue weighted by Gasteiger charge is -2.47. The molecule has 1 aromatic heterocycles. The molecule has 9 heteroatoms. The molecular weight excluding hydrogens is 485 g/mol. The molecule has 7 nitrogen and oxygen atoms in total. The molecule has 1 saturated carbocycles. The smallest absolute Gasteiger partial charge is 0.275 e. The number of carbonyl (C=O) groups is 1. The molecule has 1 aromatic carbocycles. The maximum absolute atomic E-state index is 13.0. The fraction of sp³-hybridized carbons (Fsp3) is 0.462. The molecule has 3 N–H and O–H groups in total. The Kier molecular flexibility index (Phi) is 7.23. The highest BCUT2D eigenvalue weighted by atomic mass is 35.5. The molecule has 0 saturated heterocycles. The number of amides is 1. The molecule has 1 aliphatic carbocycles. The summed E-state index contributed by atoms with van der Waals surface area (Å²) < 4.78 is 5.63. The van der Waals surface area contributed by atoms with Crippen LogP contribution in [0.15, 0.2) is 40.4 Å². The lowest BCUT2D eigenvalue weighted by atomic mass is 9.63. The van der Waals surface area contributed by atoms with E-state index in [4.69, 9.17) is 43.7 Å². The summed E-state index contributed by atoms with van der Waals surface area (Å²) in [4.78, 5) is 27.2. The fourth-order valence-corrected chi connectivity index (χ4v) is 5.63. The number of anilines is 1. The van der Waals surface area contributed by atoms with Crippen LogP contribution in [0.2, 0.25) is 10.0 Å². The van der Waals surface area contributed by atoms with Gasteiger partial charge < -0.3 is 15.8 Å². The van der Waals surface area contributed by atoms with Crippen molar-refractivity contribution in [2.24, 2.45) is 21.1 Å². The third-order valence-electron chi connectivity index (χ3n) is 7.34. The van der Waals surface area contributed by atoms with Crippen molar-refractivity contribution in [1.29, 1.82) is 0 Å². The zero-order valence-electron chi connectivity index (χ0n) is 20.5. The number of aliphatic imine (C=N–C) groups is 2. The molecule has 1 unspecified atom stereocenters. The largest absolute Gasteiger partial charge is 0.382 e. The van der Waals surface area contributed by atoms with Crippen molar-refractivity contribution in [3.63, 3.8) is 0 Å². The summed E-state index contributed by atoms with van der Waals surface area (Å²) >= 11 is 12.1. The number of ether oxygens (including phenoxy) is 1. The van der Waals surface area contributed by atoms with Crippen molar-refractivity contribution in [3.8, 4) is 0 Å². The Hall–Kier alpha value is -2.48. The lowest BCUT2D eigenvalue weighted by Crippen LogP contribution is -2.44. The standard InChI is InChI=1S/C26H31Cl2N5O2/c1-5-16-6-7-18(31-24(34)22-21(28)12-17(27)14-30-22)13-20(16)26(32-15(2)23(29)33-26)25(3)10-8-19(35-4)9-11-25/h6-7,12-14,19H,5,8-11H2,1-4H3,(H2,29,33)(H,31,34). The second-order valence-corrected chi connectivity index (χ2v) is 10.4. The Labute approximate surface area is 216 Å². The number of amidine groups is 1. The number of aryl methyl sites for hydroxylation is 1. The van der Waals surface area contributed by atoms with E-state index in [-0.39, 0.29) is 22.2 Å². The van der Waals surface area contributed by atoms with Gasteiger partial charge in [-0.05, 0) is 62.8 Å². The SMILES string of the molecule is CCc1ccc(NC(=O)c2ncc(Cl)cc2Cl)cc1C1(C2(C)CCC(OC)CC2)N=C(C)C(N)=N1. The van der Waals surface area contributed by atoms with E-state index in [1.54, 1.807) is 7.11 Å². The number of aromatic nitrogens is 1. The fourth-order valence-electron chi connectivity index (χ4n) is 5.17. The number of hydrogen-bond acceptors (Lipinski definition) is 6. The first-order valence-electron chi connectivity index (χ1n) is 11.8. The van der Waals surface area contributed by atoms with E-state index in [2.05, 4.69) is 24.1 Å². The van der Waals surface area contributed by atoms with Gasteiger partial charge in [-0.3, -0.25) is 9.79 Å². The van der Waals surface area contributed by atoms with Crippen LogP contribution in [0.5, 0.6) is 0 Å². The highest BCUT2D eigenvalue weighted by Crippen LogP contribution is 2.55. The molecule has 0 bridgehead atoms. The van der Waals surface area contributed by atoms with Gasteiger partial charge in [-0.2, -0.15) is 0 Å². The molecule has 186 valence electrons. The lowest BCUT2D eigenvalue weighted by molar-refractivity contribution is 0.00115. The Morgan fingerprint density at radius 2 is 1.94 bits per heavy atom. The van der Waals surface area contributed by atoms with Crippen molar-refractivity contribution in [2.45, 2.75) is 64.6 Å². The van der Waals surface area contributed by atoms with E-state index >= 15 is 0 Å². The van der Waals surface area contributed by atoms with Crippen LogP contribution in [0.1, 0.15) is 68.1 Å². The minimum atomic E-state index is -0.873. The molecule has 2 aromatic rings. The van der Waals surface area contributed by atoms with Gasteiger partial charge in [0.2, 0.25) is 0 Å². The van der Waals surface area contributed by atoms with Gasteiger partial charge in [-0.25, -0.2) is 9.98 Å². The average Bonchev–Trinajstić information content (AvgIpc) is 3.15. The number of halogens is 2. The number of nitrogens with two attached hydrogens (primary N) is 1. The average molecular weight is 516 g/mol. The van der Waals surface area contributed by atoms with Gasteiger partial charge in [0.05, 0.1) is 21.9 Å². The molecule has 2 aliphatic rings. The van der Waals surface area contributed by atoms with E-state index in [0.717, 1.165) is 48.9 Å². The van der Waals surface area contributed by atoms with Crippen LogP contribution in [0, 0.1) is 5.41 Å². The monoisotopic (exact) mass is 515 g/mol. The van der Waals surface area contributed by atoms with Gasteiger partial charge in [-0.15, -0.1) is 0 Å². The molecule has 2 heterocycles. The highest BCUT2D eigenvalue weighted by Gasteiger charge is 2.54. The van der Waals surface area contributed by atoms with Gasteiger partial charge in [0.15, 0.2) is 5.66 Å². The number of nitrogens with zero attached hydrogens (tertiary/aromatic N) is 3. The summed E-state index contributed by atoms with van der Waals surface area (Å²) in [5, 5.41) is 3.48. The topological polar surface area (TPSA) is 102 Å². The number of benzene rings is 1. The Morgan fingerprint density at radius 3 is 2.51 bits per heavy atom. The number of methoxy groups -OCH3 is 1. The van der Waals surface area contributed by atoms with Crippen LogP contribution in [-0.4, -0.2) is 35.7 Å². The number of hydrogen-bond donors (Lipinski definition) is 2. The molecule has 1 amide bonds. The van der Waals surface area contributed by atoms with Crippen LogP contribution >= 0.6 is 23.2 Å². The minimum absolute atomic E-state index is 0.105. The predicted molar refractivity (Wildman–Crippen MR) is 142 cm³/mol. The maximum atomic E-state index is 13.0. The summed E-state index contributed by atoms with van der Waals surface area (Å²) in [6.45, 7) is 6.24. The first-order valence-corrected chi connectivity index (χ1v) is 12.6. The van der Waals surface area contributed by atoms with Crippen molar-refractivity contribution in [1.82, 2.24) is 4.98 Å². The van der Waals surface area contributed by atoms with Crippen LogP contribution in [0.25, 0.3) is 0 Å². The molecular formula is C26H31Cl2N5O2. The van der Waals surface area contributed by atoms with Gasteiger partial charge in [0.1, 0.15) is 11.5 Å². The minimum Gasteiger partial charge on any atom is -0.382 e. The summed E-state index contributed by atoms with van der Waals surface area (Å²) in [5.74, 6) is 0.0329. The Bertz CT molecular complexity index is 1180. The van der Waals surface area contributed by atoms with E-state index < -0.39 is 11.6 Å². The Morgan fingerprint density at radius 1 is 1.23 bits per heavy atom. The molecule has 35 heavy (non-hydrogen) atoms. The van der Waals surface area contributed by atoms with E-state index in [0.29, 0.717) is 16.5 Å². The molecule has 0 spiro atoms. The predicted octanol–water partition coefficient (Wildman–Crippen LogP) is 5.78. The summed E-state index contributed by atoms with van der Waals surface area (Å²) in [5.41, 5.74) is 8.68. The maximum Gasteiger partial charge on any atom is 0.275 e. The Balaban J connectivity index is 1.77. The van der Waals surface area contributed by atoms with Crippen LogP contribution in [-0.2, 0) is 16.8 Å². The second kappa shape index (κ2) is 9.88. The number of nitrogens with one attached hydrogen (secondary N) is 1. The van der Waals surface area contributed by atoms with Crippen LogP contribution in [0.4, 0.5) is 5.69 Å². The normalized spacial score (nSPS) is 26.3. The van der Waals surface area contributed by atoms with E-state index in [9.17, 15) is 4.79 Å². The third kappa shape index (κ3) is 4.69. The molecule has 1 fully saturated rings. The van der Waals surface area contributed by atoms with Gasteiger partial charge in [0.25, 0.3) is 5.91 Å². The van der Waals surface area contributed by atoms with Crippen LogP contribution in [0.3, 0.4) is 0 Å². The highest BCUT2D eigenvalue weighted by molar-refractivity contribution is 6.41. The van der Waals surface area contributed by atoms with Crippen LogP contribution < -0.4 is 11.1 Å². The third-order valence-corrected chi connectivity index (χ3v) is 7.84. The zero-order chi connectivity index (χ0) is 25.4. The molecule has 1 atom stereocenters. The first kappa shape index (κ1) is 25.6. The second-order valence-electron chi connectivity index (χ2n) is 9.53. The number of rotatable bonds is 6. The van der Waals surface area contributed by atoms with E-state index in [1.165, 1.54) is 12.3 Å². The van der Waals surface area contributed by atoms with Crippen molar-refractivity contribution >= 4 is 46.3 Å². The van der Waals surface area contributed by atoms with Gasteiger partial charge in [0, 0.05) is 30.0 Å².